The summed E-state index contributed by atoms with van der Waals surface area (Å²) >= 11 is 0. The molecule has 1 aliphatic carbocycles. The van der Waals surface area contributed by atoms with E-state index in [4.69, 9.17) is 15.9 Å². The maximum absolute atomic E-state index is 9.46. The monoisotopic (exact) mass is 204 g/mol. The van der Waals surface area contributed by atoms with Crippen LogP contribution in [0.2, 0.25) is 0 Å². The molecule has 0 bridgehead atoms. The number of aliphatic hydroxyl groups excluding tert-OH is 3. The van der Waals surface area contributed by atoms with Gasteiger partial charge in [-0.15, -0.1) is 0 Å². The third-order valence-electron chi connectivity index (χ3n) is 2.63. The standard InChI is InChI=1S/C9H20N2O3/c10-6-1-7(3-9(14)2-6)11-8(4-12)5-13/h6-9,11-14H,1-5,10H2. The van der Waals surface area contributed by atoms with Gasteiger partial charge in [0, 0.05) is 12.1 Å². The number of nitrogens with two attached hydrogens (primary N) is 1. The van der Waals surface area contributed by atoms with Crippen molar-refractivity contribution in [2.24, 2.45) is 5.73 Å². The fourth-order valence-electron chi connectivity index (χ4n) is 1.96. The highest BCUT2D eigenvalue weighted by Gasteiger charge is 2.26. The summed E-state index contributed by atoms with van der Waals surface area (Å²) < 4.78 is 0. The van der Waals surface area contributed by atoms with Crippen molar-refractivity contribution in [3.8, 4) is 0 Å². The van der Waals surface area contributed by atoms with E-state index in [1.54, 1.807) is 0 Å². The summed E-state index contributed by atoms with van der Waals surface area (Å²) in [5, 5.41) is 30.3. The van der Waals surface area contributed by atoms with Gasteiger partial charge in [-0.05, 0) is 19.3 Å². The SMILES string of the molecule is NC1CC(O)CC(NC(CO)CO)C1. The van der Waals surface area contributed by atoms with Crippen LogP contribution in [0.5, 0.6) is 0 Å². The molecule has 5 heteroatoms. The Morgan fingerprint density at radius 1 is 1.21 bits per heavy atom. The van der Waals surface area contributed by atoms with Crippen molar-refractivity contribution in [1.29, 1.82) is 0 Å². The van der Waals surface area contributed by atoms with E-state index in [1.165, 1.54) is 0 Å². The lowest BCUT2D eigenvalue weighted by Crippen LogP contribution is -2.50. The summed E-state index contributed by atoms with van der Waals surface area (Å²) in [6.07, 6.45) is 1.70. The molecular weight excluding hydrogens is 184 g/mol. The van der Waals surface area contributed by atoms with Crippen molar-refractivity contribution in [1.82, 2.24) is 5.32 Å². The Kier molecular flexibility index (Phi) is 4.77. The molecule has 0 radical (unpaired) electrons. The number of hydrogen-bond acceptors (Lipinski definition) is 5. The Hall–Kier alpha value is -0.200. The summed E-state index contributed by atoms with van der Waals surface area (Å²) in [6.45, 7) is -0.198. The summed E-state index contributed by atoms with van der Waals surface area (Å²) in [6, 6.07) is -0.204. The Morgan fingerprint density at radius 3 is 2.36 bits per heavy atom. The molecule has 1 saturated carbocycles. The second-order valence-corrected chi connectivity index (χ2v) is 4.05. The quantitative estimate of drug-likeness (QED) is 0.371. The summed E-state index contributed by atoms with van der Waals surface area (Å²) in [4.78, 5) is 0. The highest BCUT2D eigenvalue weighted by atomic mass is 16.3. The molecule has 0 amide bonds. The number of nitrogens with one attached hydrogen (secondary N) is 1. The van der Waals surface area contributed by atoms with E-state index in [-0.39, 0.29) is 37.4 Å². The topological polar surface area (TPSA) is 98.7 Å². The molecule has 3 atom stereocenters. The van der Waals surface area contributed by atoms with Gasteiger partial charge in [-0.3, -0.25) is 0 Å². The highest BCUT2D eigenvalue weighted by Crippen LogP contribution is 2.18. The van der Waals surface area contributed by atoms with Gasteiger partial charge in [-0.1, -0.05) is 0 Å². The fraction of sp³-hybridized carbons (Fsp3) is 1.00. The third kappa shape index (κ3) is 3.51. The van der Waals surface area contributed by atoms with Gasteiger partial charge < -0.3 is 26.4 Å². The Morgan fingerprint density at radius 2 is 1.86 bits per heavy atom. The summed E-state index contributed by atoms with van der Waals surface area (Å²) in [5.74, 6) is 0. The normalized spacial score (nSPS) is 33.6. The van der Waals surface area contributed by atoms with Crippen LogP contribution in [0.15, 0.2) is 0 Å². The van der Waals surface area contributed by atoms with E-state index < -0.39 is 0 Å². The highest BCUT2D eigenvalue weighted by molar-refractivity contribution is 4.86. The van der Waals surface area contributed by atoms with Gasteiger partial charge in [0.1, 0.15) is 0 Å². The van der Waals surface area contributed by atoms with Gasteiger partial charge in [0.2, 0.25) is 0 Å². The molecule has 6 N–H and O–H groups in total. The largest absolute Gasteiger partial charge is 0.395 e. The first kappa shape index (κ1) is 11.9. The van der Waals surface area contributed by atoms with E-state index in [2.05, 4.69) is 5.32 Å². The first-order chi connectivity index (χ1) is 6.65. The molecule has 0 heterocycles. The molecule has 0 aromatic heterocycles. The summed E-state index contributed by atoms with van der Waals surface area (Å²) in [7, 11) is 0. The lowest BCUT2D eigenvalue weighted by molar-refractivity contribution is 0.0861. The molecule has 0 aliphatic heterocycles. The zero-order valence-corrected chi connectivity index (χ0v) is 8.26. The minimum atomic E-state index is -0.366. The molecule has 1 fully saturated rings. The van der Waals surface area contributed by atoms with Gasteiger partial charge in [-0.2, -0.15) is 0 Å². The zero-order valence-electron chi connectivity index (χ0n) is 8.26. The van der Waals surface area contributed by atoms with Gasteiger partial charge in [-0.25, -0.2) is 0 Å². The minimum Gasteiger partial charge on any atom is -0.395 e. The van der Waals surface area contributed by atoms with Gasteiger partial charge in [0.25, 0.3) is 0 Å². The lowest BCUT2D eigenvalue weighted by atomic mass is 9.89. The van der Waals surface area contributed by atoms with E-state index in [9.17, 15) is 5.11 Å². The first-order valence-electron chi connectivity index (χ1n) is 5.07. The predicted octanol–water partition coefficient (Wildman–Crippen LogP) is -1.83. The molecule has 0 aromatic rings. The van der Waals surface area contributed by atoms with Crippen LogP contribution in [0.25, 0.3) is 0 Å². The molecule has 14 heavy (non-hydrogen) atoms. The van der Waals surface area contributed by atoms with Crippen LogP contribution in [0.4, 0.5) is 0 Å². The van der Waals surface area contributed by atoms with Crippen molar-refractivity contribution in [2.75, 3.05) is 13.2 Å². The Labute approximate surface area is 83.9 Å². The molecule has 0 aromatic carbocycles. The van der Waals surface area contributed by atoms with Crippen LogP contribution in [0.3, 0.4) is 0 Å². The Balaban J connectivity index is 2.35. The zero-order chi connectivity index (χ0) is 10.6. The first-order valence-corrected chi connectivity index (χ1v) is 5.07. The van der Waals surface area contributed by atoms with Crippen molar-refractivity contribution < 1.29 is 15.3 Å². The van der Waals surface area contributed by atoms with Crippen molar-refractivity contribution >= 4 is 0 Å². The van der Waals surface area contributed by atoms with E-state index in [1.807, 2.05) is 0 Å². The number of rotatable bonds is 4. The fourth-order valence-corrected chi connectivity index (χ4v) is 1.96. The lowest BCUT2D eigenvalue weighted by Gasteiger charge is -2.33. The molecule has 0 saturated heterocycles. The van der Waals surface area contributed by atoms with Crippen molar-refractivity contribution in [3.05, 3.63) is 0 Å². The molecule has 1 aliphatic rings. The number of hydrogen-bond donors (Lipinski definition) is 5. The van der Waals surface area contributed by atoms with Crippen LogP contribution in [0.1, 0.15) is 19.3 Å². The minimum absolute atomic E-state index is 0.00860. The summed E-state index contributed by atoms with van der Waals surface area (Å²) in [5.41, 5.74) is 5.75. The average molecular weight is 204 g/mol. The van der Waals surface area contributed by atoms with Gasteiger partial charge >= 0.3 is 0 Å². The Bertz CT molecular complexity index is 154. The van der Waals surface area contributed by atoms with Crippen LogP contribution in [-0.4, -0.2) is 52.8 Å². The van der Waals surface area contributed by atoms with Crippen LogP contribution < -0.4 is 11.1 Å². The molecular formula is C9H20N2O3. The maximum atomic E-state index is 9.46. The maximum Gasteiger partial charge on any atom is 0.0607 e. The number of aliphatic hydroxyl groups is 3. The van der Waals surface area contributed by atoms with E-state index in [0.29, 0.717) is 12.8 Å². The molecule has 5 nitrogen and oxygen atoms in total. The smallest absolute Gasteiger partial charge is 0.0607 e. The average Bonchev–Trinajstić information content (AvgIpc) is 2.12. The van der Waals surface area contributed by atoms with E-state index in [0.717, 1.165) is 6.42 Å². The third-order valence-corrected chi connectivity index (χ3v) is 2.63. The molecule has 3 unspecified atom stereocenters. The van der Waals surface area contributed by atoms with Gasteiger partial charge in [0.05, 0.1) is 25.4 Å². The van der Waals surface area contributed by atoms with Gasteiger partial charge in [0.15, 0.2) is 0 Å². The predicted molar refractivity (Wildman–Crippen MR) is 52.7 cm³/mol. The second-order valence-electron chi connectivity index (χ2n) is 4.05. The second kappa shape index (κ2) is 5.63. The van der Waals surface area contributed by atoms with Crippen molar-refractivity contribution in [2.45, 2.75) is 43.5 Å². The molecule has 84 valence electrons. The molecule has 1 rings (SSSR count). The van der Waals surface area contributed by atoms with Crippen LogP contribution in [0, 0.1) is 0 Å². The van der Waals surface area contributed by atoms with E-state index >= 15 is 0 Å². The van der Waals surface area contributed by atoms with Crippen LogP contribution >= 0.6 is 0 Å². The van der Waals surface area contributed by atoms with Crippen LogP contribution in [-0.2, 0) is 0 Å². The van der Waals surface area contributed by atoms with Crippen molar-refractivity contribution in [3.63, 3.8) is 0 Å². The molecule has 0 spiro atoms.